The highest BCUT2D eigenvalue weighted by Crippen LogP contribution is 2.14. The van der Waals surface area contributed by atoms with Gasteiger partial charge in [-0.3, -0.25) is 4.79 Å². The van der Waals surface area contributed by atoms with Crippen LogP contribution in [0.3, 0.4) is 0 Å². The van der Waals surface area contributed by atoms with Crippen LogP contribution in [0.25, 0.3) is 0 Å². The number of rotatable bonds is 5. The number of amides is 1. The summed E-state index contributed by atoms with van der Waals surface area (Å²) in [5.74, 6) is 0.267. The van der Waals surface area contributed by atoms with Gasteiger partial charge in [0.1, 0.15) is 0 Å². The molecule has 3 nitrogen and oxygen atoms in total. The predicted octanol–water partition coefficient (Wildman–Crippen LogP) is 2.45. The molecular formula is C17H26N2O. The topological polar surface area (TPSA) is 32.3 Å². The largest absolute Gasteiger partial charge is 0.338 e. The van der Waals surface area contributed by atoms with Crippen LogP contribution in [0.2, 0.25) is 0 Å². The minimum Gasteiger partial charge on any atom is -0.338 e. The summed E-state index contributed by atoms with van der Waals surface area (Å²) in [6.45, 7) is 9.19. The van der Waals surface area contributed by atoms with Crippen LogP contribution < -0.4 is 5.32 Å². The first-order valence-electron chi connectivity index (χ1n) is 7.68. The Balaban J connectivity index is 2.05. The van der Waals surface area contributed by atoms with Crippen molar-refractivity contribution in [3.8, 4) is 0 Å². The number of carbonyl (C=O) groups is 1. The van der Waals surface area contributed by atoms with Gasteiger partial charge in [0.25, 0.3) is 0 Å². The average Bonchev–Trinajstić information content (AvgIpc) is 2.94. The Kier molecular flexibility index (Phi) is 5.18. The highest BCUT2D eigenvalue weighted by molar-refractivity contribution is 5.79. The summed E-state index contributed by atoms with van der Waals surface area (Å²) in [7, 11) is 0. The third kappa shape index (κ3) is 3.60. The summed E-state index contributed by atoms with van der Waals surface area (Å²) >= 11 is 0. The van der Waals surface area contributed by atoms with E-state index >= 15 is 0 Å². The Morgan fingerprint density at radius 2 is 2.15 bits per heavy atom. The molecular weight excluding hydrogens is 248 g/mol. The molecule has 0 aromatic heterocycles. The molecule has 110 valence electrons. The first kappa shape index (κ1) is 15.0. The molecule has 0 aliphatic carbocycles. The van der Waals surface area contributed by atoms with E-state index in [4.69, 9.17) is 0 Å². The summed E-state index contributed by atoms with van der Waals surface area (Å²) < 4.78 is 0. The second kappa shape index (κ2) is 6.89. The molecule has 0 bridgehead atoms. The van der Waals surface area contributed by atoms with Crippen molar-refractivity contribution in [2.24, 2.45) is 0 Å². The van der Waals surface area contributed by atoms with Gasteiger partial charge in [0.15, 0.2) is 0 Å². The molecule has 1 heterocycles. The molecule has 1 aliphatic heterocycles. The van der Waals surface area contributed by atoms with Crippen LogP contribution in [-0.2, 0) is 11.2 Å². The molecule has 0 saturated carbocycles. The molecule has 1 atom stereocenters. The van der Waals surface area contributed by atoms with E-state index in [9.17, 15) is 4.79 Å². The van der Waals surface area contributed by atoms with Crippen molar-refractivity contribution in [2.75, 3.05) is 19.6 Å². The van der Waals surface area contributed by atoms with Crippen LogP contribution in [0, 0.1) is 13.8 Å². The molecule has 2 rings (SSSR count). The van der Waals surface area contributed by atoms with E-state index in [1.54, 1.807) is 0 Å². The van der Waals surface area contributed by atoms with E-state index in [1.165, 1.54) is 11.1 Å². The van der Waals surface area contributed by atoms with Crippen molar-refractivity contribution >= 4 is 5.91 Å². The summed E-state index contributed by atoms with van der Waals surface area (Å²) in [5.41, 5.74) is 3.68. The average molecular weight is 274 g/mol. The van der Waals surface area contributed by atoms with Gasteiger partial charge in [-0.05, 0) is 49.9 Å². The van der Waals surface area contributed by atoms with Gasteiger partial charge in [0.05, 0.1) is 6.42 Å². The molecule has 0 spiro atoms. The number of aryl methyl sites for hydroxylation is 2. The number of hydrogen-bond donors (Lipinski definition) is 1. The monoisotopic (exact) mass is 274 g/mol. The molecule has 1 aromatic rings. The third-order valence-corrected chi connectivity index (χ3v) is 4.19. The number of benzene rings is 1. The van der Waals surface area contributed by atoms with Crippen molar-refractivity contribution in [3.05, 3.63) is 34.9 Å². The molecule has 1 N–H and O–H groups in total. The van der Waals surface area contributed by atoms with Crippen LogP contribution in [0.4, 0.5) is 0 Å². The van der Waals surface area contributed by atoms with E-state index in [0.717, 1.165) is 38.0 Å². The van der Waals surface area contributed by atoms with Crippen molar-refractivity contribution in [3.63, 3.8) is 0 Å². The van der Waals surface area contributed by atoms with E-state index < -0.39 is 0 Å². The quantitative estimate of drug-likeness (QED) is 0.894. The van der Waals surface area contributed by atoms with Gasteiger partial charge >= 0.3 is 0 Å². The number of nitrogens with zero attached hydrogens (tertiary/aromatic N) is 1. The predicted molar refractivity (Wildman–Crippen MR) is 82.9 cm³/mol. The summed E-state index contributed by atoms with van der Waals surface area (Å²) in [6, 6.07) is 6.72. The number of hydrogen-bond acceptors (Lipinski definition) is 2. The maximum Gasteiger partial charge on any atom is 0.227 e. The van der Waals surface area contributed by atoms with E-state index in [2.05, 4.69) is 49.2 Å². The van der Waals surface area contributed by atoms with Crippen molar-refractivity contribution in [1.82, 2.24) is 10.2 Å². The Labute approximate surface area is 122 Å². The van der Waals surface area contributed by atoms with Crippen LogP contribution >= 0.6 is 0 Å². The minimum atomic E-state index is 0.267. The first-order valence-corrected chi connectivity index (χ1v) is 7.68. The van der Waals surface area contributed by atoms with Gasteiger partial charge in [0.2, 0.25) is 5.91 Å². The summed E-state index contributed by atoms with van der Waals surface area (Å²) in [4.78, 5) is 14.7. The Hall–Kier alpha value is -1.35. The molecule has 1 aliphatic rings. The maximum absolute atomic E-state index is 12.6. The molecule has 0 radical (unpaired) electrons. The normalized spacial score (nSPS) is 18.2. The molecule has 20 heavy (non-hydrogen) atoms. The van der Waals surface area contributed by atoms with E-state index in [0.29, 0.717) is 12.5 Å². The fourth-order valence-corrected chi connectivity index (χ4v) is 2.85. The summed E-state index contributed by atoms with van der Waals surface area (Å²) in [5, 5.41) is 3.35. The lowest BCUT2D eigenvalue weighted by Gasteiger charge is -2.28. The Bertz CT molecular complexity index is 464. The fourth-order valence-electron chi connectivity index (χ4n) is 2.85. The molecule has 3 heteroatoms. The molecule has 1 amide bonds. The van der Waals surface area contributed by atoms with Crippen LogP contribution in [-0.4, -0.2) is 36.5 Å². The molecule has 1 saturated heterocycles. The van der Waals surface area contributed by atoms with Gasteiger partial charge in [-0.25, -0.2) is 0 Å². The fraction of sp³-hybridized carbons (Fsp3) is 0.588. The van der Waals surface area contributed by atoms with Crippen LogP contribution in [0.1, 0.15) is 36.5 Å². The SMILES string of the molecule is CCCN(C(=O)Cc1ccc(C)c(C)c1)C1CCNC1. The Morgan fingerprint density at radius 1 is 1.35 bits per heavy atom. The zero-order chi connectivity index (χ0) is 14.5. The van der Waals surface area contributed by atoms with Crippen LogP contribution in [0.5, 0.6) is 0 Å². The second-order valence-corrected chi connectivity index (χ2v) is 5.83. The first-order chi connectivity index (χ1) is 9.61. The number of carbonyl (C=O) groups excluding carboxylic acids is 1. The third-order valence-electron chi connectivity index (χ3n) is 4.19. The van der Waals surface area contributed by atoms with Crippen molar-refractivity contribution in [1.29, 1.82) is 0 Å². The standard InChI is InChI=1S/C17H26N2O/c1-4-9-19(16-7-8-18-12-16)17(20)11-15-6-5-13(2)14(3)10-15/h5-6,10,16,18H,4,7-9,11-12H2,1-3H3. The smallest absolute Gasteiger partial charge is 0.227 e. The zero-order valence-corrected chi connectivity index (χ0v) is 12.9. The van der Waals surface area contributed by atoms with Crippen molar-refractivity contribution in [2.45, 2.75) is 46.1 Å². The van der Waals surface area contributed by atoms with Gasteiger partial charge in [-0.15, -0.1) is 0 Å². The number of nitrogens with one attached hydrogen (secondary N) is 1. The van der Waals surface area contributed by atoms with E-state index in [-0.39, 0.29) is 5.91 Å². The minimum absolute atomic E-state index is 0.267. The van der Waals surface area contributed by atoms with Gasteiger partial charge < -0.3 is 10.2 Å². The zero-order valence-electron chi connectivity index (χ0n) is 12.9. The van der Waals surface area contributed by atoms with Crippen molar-refractivity contribution < 1.29 is 4.79 Å². The molecule has 1 aromatic carbocycles. The highest BCUT2D eigenvalue weighted by Gasteiger charge is 2.25. The molecule has 1 unspecified atom stereocenters. The van der Waals surface area contributed by atoms with Gasteiger partial charge in [-0.2, -0.15) is 0 Å². The van der Waals surface area contributed by atoms with Gasteiger partial charge in [-0.1, -0.05) is 25.1 Å². The molecule has 1 fully saturated rings. The lowest BCUT2D eigenvalue weighted by Crippen LogP contribution is -2.42. The lowest BCUT2D eigenvalue weighted by atomic mass is 10.0. The lowest BCUT2D eigenvalue weighted by molar-refractivity contribution is -0.132. The van der Waals surface area contributed by atoms with Gasteiger partial charge in [0, 0.05) is 19.1 Å². The maximum atomic E-state index is 12.6. The van der Waals surface area contributed by atoms with Crippen LogP contribution in [0.15, 0.2) is 18.2 Å². The Morgan fingerprint density at radius 3 is 2.75 bits per heavy atom. The highest BCUT2D eigenvalue weighted by atomic mass is 16.2. The summed E-state index contributed by atoms with van der Waals surface area (Å²) in [6.07, 6.45) is 2.63. The second-order valence-electron chi connectivity index (χ2n) is 5.83. The van der Waals surface area contributed by atoms with E-state index in [1.807, 2.05) is 0 Å².